The predicted molar refractivity (Wildman–Crippen MR) is 99.9 cm³/mol. The summed E-state index contributed by atoms with van der Waals surface area (Å²) in [5, 5.41) is 3.70. The van der Waals surface area contributed by atoms with Crippen molar-refractivity contribution in [2.75, 3.05) is 32.9 Å². The third-order valence-electron chi connectivity index (χ3n) is 5.45. The Labute approximate surface area is 148 Å². The van der Waals surface area contributed by atoms with Crippen LogP contribution in [-0.2, 0) is 15.9 Å². The van der Waals surface area contributed by atoms with E-state index in [-0.39, 0.29) is 0 Å². The number of hydrogen-bond acceptors (Lipinski definition) is 4. The van der Waals surface area contributed by atoms with Crippen LogP contribution in [0.3, 0.4) is 0 Å². The van der Waals surface area contributed by atoms with E-state index in [9.17, 15) is 0 Å². The Morgan fingerprint density at radius 3 is 2.88 bits per heavy atom. The fraction of sp³-hybridized carbons (Fsp3) is 0.600. The van der Waals surface area contributed by atoms with Gasteiger partial charge in [0.15, 0.2) is 0 Å². The standard InChI is InChI=1S/C20H27NO2S/c1-4-8-20-17(5-1)16(15-24-20)9-12-23-19-7-3-2-6-18(19)21-10-13-22-14-11-21/h1,4-5,8,15,18-19H,2-3,6-7,9-14H2/t18?,19-/m0/s1. The zero-order valence-electron chi connectivity index (χ0n) is 14.3. The lowest BCUT2D eigenvalue weighted by Gasteiger charge is -2.41. The highest BCUT2D eigenvalue weighted by molar-refractivity contribution is 7.17. The smallest absolute Gasteiger partial charge is 0.0730 e. The Balaban J connectivity index is 1.35. The third-order valence-corrected chi connectivity index (χ3v) is 6.46. The molecule has 1 saturated carbocycles. The number of nitrogens with zero attached hydrogens (tertiary/aromatic N) is 1. The molecule has 130 valence electrons. The zero-order chi connectivity index (χ0) is 16.2. The van der Waals surface area contributed by atoms with Crippen LogP contribution < -0.4 is 0 Å². The van der Waals surface area contributed by atoms with Crippen molar-refractivity contribution in [2.45, 2.75) is 44.2 Å². The van der Waals surface area contributed by atoms with Gasteiger partial charge in [0.1, 0.15) is 0 Å². The van der Waals surface area contributed by atoms with Crippen molar-refractivity contribution in [1.29, 1.82) is 0 Å². The summed E-state index contributed by atoms with van der Waals surface area (Å²) in [6.45, 7) is 4.74. The van der Waals surface area contributed by atoms with E-state index in [0.29, 0.717) is 12.1 Å². The molecule has 1 aliphatic carbocycles. The molecule has 1 unspecified atom stereocenters. The highest BCUT2D eigenvalue weighted by Crippen LogP contribution is 2.28. The minimum absolute atomic E-state index is 0.404. The molecule has 1 aliphatic heterocycles. The molecule has 1 aromatic carbocycles. The van der Waals surface area contributed by atoms with Crippen LogP contribution in [0.2, 0.25) is 0 Å². The number of morpholine rings is 1. The molecule has 4 heteroatoms. The SMILES string of the molecule is c1ccc2c(CCO[C@H]3CCCCC3N3CCOCC3)csc2c1. The van der Waals surface area contributed by atoms with Crippen molar-refractivity contribution in [3.05, 3.63) is 35.2 Å². The summed E-state index contributed by atoms with van der Waals surface area (Å²) in [7, 11) is 0. The number of thiophene rings is 1. The molecular formula is C20H27NO2S. The van der Waals surface area contributed by atoms with Gasteiger partial charge in [-0.1, -0.05) is 31.0 Å². The summed E-state index contributed by atoms with van der Waals surface area (Å²) in [4.78, 5) is 2.60. The second-order valence-electron chi connectivity index (χ2n) is 6.92. The van der Waals surface area contributed by atoms with Crippen LogP contribution in [0.5, 0.6) is 0 Å². The van der Waals surface area contributed by atoms with E-state index in [1.165, 1.54) is 41.3 Å². The van der Waals surface area contributed by atoms with Gasteiger partial charge in [-0.15, -0.1) is 11.3 Å². The van der Waals surface area contributed by atoms with Crippen LogP contribution in [0.4, 0.5) is 0 Å². The summed E-state index contributed by atoms with van der Waals surface area (Å²) >= 11 is 1.85. The van der Waals surface area contributed by atoms with Gasteiger partial charge in [-0.05, 0) is 41.7 Å². The first-order chi connectivity index (χ1) is 11.9. The first-order valence-electron chi connectivity index (χ1n) is 9.30. The van der Waals surface area contributed by atoms with E-state index in [1.54, 1.807) is 0 Å². The summed E-state index contributed by atoms with van der Waals surface area (Å²) in [5.41, 5.74) is 1.44. The molecule has 2 heterocycles. The Morgan fingerprint density at radius 2 is 1.96 bits per heavy atom. The monoisotopic (exact) mass is 345 g/mol. The lowest BCUT2D eigenvalue weighted by Crippen LogP contribution is -2.51. The van der Waals surface area contributed by atoms with Crippen molar-refractivity contribution >= 4 is 21.4 Å². The minimum Gasteiger partial charge on any atom is -0.379 e. The minimum atomic E-state index is 0.404. The van der Waals surface area contributed by atoms with Crippen molar-refractivity contribution in [3.63, 3.8) is 0 Å². The first kappa shape index (κ1) is 16.5. The fourth-order valence-electron chi connectivity index (χ4n) is 4.15. The van der Waals surface area contributed by atoms with E-state index in [0.717, 1.165) is 39.3 Å². The molecule has 0 bridgehead atoms. The summed E-state index contributed by atoms with van der Waals surface area (Å²) in [5.74, 6) is 0. The van der Waals surface area contributed by atoms with Gasteiger partial charge in [0.2, 0.25) is 0 Å². The maximum absolute atomic E-state index is 6.39. The molecule has 0 radical (unpaired) electrons. The average Bonchev–Trinajstić information content (AvgIpc) is 3.06. The first-order valence-corrected chi connectivity index (χ1v) is 10.2. The molecule has 2 atom stereocenters. The lowest BCUT2D eigenvalue weighted by atomic mass is 9.91. The van der Waals surface area contributed by atoms with Gasteiger partial charge >= 0.3 is 0 Å². The number of ether oxygens (including phenoxy) is 2. The molecule has 2 fully saturated rings. The second-order valence-corrected chi connectivity index (χ2v) is 7.83. The van der Waals surface area contributed by atoms with Crippen LogP contribution in [0, 0.1) is 0 Å². The summed E-state index contributed by atoms with van der Waals surface area (Å²) < 4.78 is 13.3. The Kier molecular flexibility index (Phi) is 5.48. The van der Waals surface area contributed by atoms with Crippen LogP contribution in [-0.4, -0.2) is 50.0 Å². The number of fused-ring (bicyclic) bond motifs is 1. The van der Waals surface area contributed by atoms with Crippen molar-refractivity contribution < 1.29 is 9.47 Å². The van der Waals surface area contributed by atoms with E-state index < -0.39 is 0 Å². The van der Waals surface area contributed by atoms with Gasteiger partial charge in [-0.25, -0.2) is 0 Å². The third kappa shape index (κ3) is 3.67. The lowest BCUT2D eigenvalue weighted by molar-refractivity contribution is -0.0646. The quantitative estimate of drug-likeness (QED) is 0.814. The topological polar surface area (TPSA) is 21.7 Å². The molecule has 0 spiro atoms. The number of hydrogen-bond donors (Lipinski definition) is 0. The summed E-state index contributed by atoms with van der Waals surface area (Å²) in [6.07, 6.45) is 6.58. The molecule has 24 heavy (non-hydrogen) atoms. The van der Waals surface area contributed by atoms with Gasteiger partial charge in [0, 0.05) is 23.8 Å². The normalized spacial score (nSPS) is 26.0. The average molecular weight is 346 g/mol. The van der Waals surface area contributed by atoms with Crippen LogP contribution >= 0.6 is 11.3 Å². The summed E-state index contributed by atoms with van der Waals surface area (Å²) in [6, 6.07) is 9.29. The Bertz CT molecular complexity index is 650. The maximum Gasteiger partial charge on any atom is 0.0730 e. The highest BCUT2D eigenvalue weighted by atomic mass is 32.1. The molecule has 0 N–H and O–H groups in total. The van der Waals surface area contributed by atoms with E-state index >= 15 is 0 Å². The fourth-order valence-corrected chi connectivity index (χ4v) is 5.14. The Morgan fingerprint density at radius 1 is 1.12 bits per heavy atom. The van der Waals surface area contributed by atoms with Crippen LogP contribution in [0.25, 0.3) is 10.1 Å². The zero-order valence-corrected chi connectivity index (χ0v) is 15.1. The molecule has 2 aliphatic rings. The highest BCUT2D eigenvalue weighted by Gasteiger charge is 2.31. The van der Waals surface area contributed by atoms with E-state index in [2.05, 4.69) is 34.5 Å². The molecule has 0 amide bonds. The van der Waals surface area contributed by atoms with Gasteiger partial charge in [-0.2, -0.15) is 0 Å². The molecule has 4 rings (SSSR count). The van der Waals surface area contributed by atoms with Crippen molar-refractivity contribution in [3.8, 4) is 0 Å². The van der Waals surface area contributed by atoms with Crippen molar-refractivity contribution in [1.82, 2.24) is 4.90 Å². The molecule has 3 nitrogen and oxygen atoms in total. The van der Waals surface area contributed by atoms with Gasteiger partial charge < -0.3 is 9.47 Å². The molecule has 1 saturated heterocycles. The molecular weight excluding hydrogens is 318 g/mol. The molecule has 2 aromatic rings. The van der Waals surface area contributed by atoms with Crippen LogP contribution in [0.1, 0.15) is 31.2 Å². The van der Waals surface area contributed by atoms with Crippen LogP contribution in [0.15, 0.2) is 29.6 Å². The number of rotatable bonds is 5. The molecule has 1 aromatic heterocycles. The second kappa shape index (κ2) is 7.96. The van der Waals surface area contributed by atoms with Crippen molar-refractivity contribution in [2.24, 2.45) is 0 Å². The van der Waals surface area contributed by atoms with Gasteiger partial charge in [0.25, 0.3) is 0 Å². The van der Waals surface area contributed by atoms with E-state index in [1.807, 2.05) is 11.3 Å². The maximum atomic E-state index is 6.39. The largest absolute Gasteiger partial charge is 0.379 e. The van der Waals surface area contributed by atoms with E-state index in [4.69, 9.17) is 9.47 Å². The number of benzene rings is 1. The Hall–Kier alpha value is -0.940. The van der Waals surface area contributed by atoms with Gasteiger partial charge in [-0.3, -0.25) is 4.90 Å². The van der Waals surface area contributed by atoms with Gasteiger partial charge in [0.05, 0.1) is 25.9 Å². The predicted octanol–water partition coefficient (Wildman–Crippen LogP) is 4.10.